The van der Waals surface area contributed by atoms with Gasteiger partial charge in [-0.15, -0.1) is 0 Å². The van der Waals surface area contributed by atoms with Crippen LogP contribution in [0.2, 0.25) is 0 Å². The third-order valence-electron chi connectivity index (χ3n) is 3.92. The quantitative estimate of drug-likeness (QED) is 0.844. The van der Waals surface area contributed by atoms with E-state index in [1.165, 1.54) is 12.1 Å². The number of hydrogen-bond acceptors (Lipinski definition) is 3. The number of aliphatic hydroxyl groups is 1. The summed E-state index contributed by atoms with van der Waals surface area (Å²) in [6, 6.07) is 6.13. The van der Waals surface area contributed by atoms with Gasteiger partial charge in [-0.2, -0.15) is 8.78 Å². The topological polar surface area (TPSA) is 61.8 Å². The number of nitrogens with one attached hydrogen (secondary N) is 1. The summed E-state index contributed by atoms with van der Waals surface area (Å²) in [5.41, 5.74) is 0.687. The molecule has 0 spiro atoms. The molecule has 1 unspecified atom stereocenters. The minimum Gasteiger partial charge on any atom is -0.435 e. The molecule has 0 aliphatic carbocycles. The van der Waals surface area contributed by atoms with Crippen molar-refractivity contribution in [2.24, 2.45) is 0 Å². The van der Waals surface area contributed by atoms with E-state index in [-0.39, 0.29) is 31.0 Å². The maximum atomic E-state index is 12.3. The normalized spacial score (nSPS) is 18.1. The van der Waals surface area contributed by atoms with Gasteiger partial charge in [0.15, 0.2) is 0 Å². The van der Waals surface area contributed by atoms with Crippen molar-refractivity contribution >= 4 is 6.03 Å². The molecule has 23 heavy (non-hydrogen) atoms. The van der Waals surface area contributed by atoms with Gasteiger partial charge in [0.25, 0.3) is 0 Å². The molecule has 5 nitrogen and oxygen atoms in total. The monoisotopic (exact) mass is 328 g/mol. The van der Waals surface area contributed by atoms with Gasteiger partial charge >= 0.3 is 12.6 Å². The molecule has 2 N–H and O–H groups in total. The van der Waals surface area contributed by atoms with Gasteiger partial charge in [-0.3, -0.25) is 0 Å². The first kappa shape index (κ1) is 17.5. The molecular formula is C16H22F2N2O3. The van der Waals surface area contributed by atoms with E-state index in [0.717, 1.165) is 19.3 Å². The molecule has 1 saturated heterocycles. The van der Waals surface area contributed by atoms with Crippen LogP contribution in [0.25, 0.3) is 0 Å². The summed E-state index contributed by atoms with van der Waals surface area (Å²) in [4.78, 5) is 14.1. The van der Waals surface area contributed by atoms with Gasteiger partial charge in [-0.25, -0.2) is 4.79 Å². The predicted octanol–water partition coefficient (Wildman–Crippen LogP) is 2.73. The fourth-order valence-electron chi connectivity index (χ4n) is 2.83. The molecule has 2 rings (SSSR count). The van der Waals surface area contributed by atoms with Crippen molar-refractivity contribution in [3.8, 4) is 5.75 Å². The van der Waals surface area contributed by atoms with E-state index in [0.29, 0.717) is 18.5 Å². The van der Waals surface area contributed by atoms with Crippen molar-refractivity contribution in [2.75, 3.05) is 13.2 Å². The molecule has 0 bridgehead atoms. The molecule has 0 radical (unpaired) electrons. The second kappa shape index (κ2) is 8.67. The second-order valence-electron chi connectivity index (χ2n) is 5.54. The smallest absolute Gasteiger partial charge is 0.387 e. The molecule has 1 aliphatic rings. The fraction of sp³-hybridized carbons (Fsp3) is 0.562. The van der Waals surface area contributed by atoms with Gasteiger partial charge in [-0.1, -0.05) is 12.1 Å². The van der Waals surface area contributed by atoms with Crippen LogP contribution in [0, 0.1) is 0 Å². The van der Waals surface area contributed by atoms with Gasteiger partial charge in [0, 0.05) is 25.7 Å². The Bertz CT molecular complexity index is 512. The van der Waals surface area contributed by atoms with Crippen LogP contribution in [0.15, 0.2) is 24.3 Å². The zero-order valence-corrected chi connectivity index (χ0v) is 12.9. The fourth-order valence-corrected chi connectivity index (χ4v) is 2.83. The number of piperidine rings is 1. The molecule has 7 heteroatoms. The van der Waals surface area contributed by atoms with E-state index in [1.54, 1.807) is 17.0 Å². The van der Waals surface area contributed by atoms with Crippen molar-refractivity contribution in [2.45, 2.75) is 44.9 Å². The second-order valence-corrected chi connectivity index (χ2v) is 5.54. The molecule has 128 valence electrons. The molecule has 0 aromatic heterocycles. The Morgan fingerprint density at radius 2 is 2.26 bits per heavy atom. The number of ether oxygens (including phenoxy) is 1. The van der Waals surface area contributed by atoms with Crippen molar-refractivity contribution in [1.82, 2.24) is 10.2 Å². The van der Waals surface area contributed by atoms with Crippen LogP contribution in [0.5, 0.6) is 5.75 Å². The molecule has 1 aliphatic heterocycles. The van der Waals surface area contributed by atoms with Crippen LogP contribution in [0.3, 0.4) is 0 Å². The minimum atomic E-state index is -2.87. The standard InChI is InChI=1S/C16H22F2N2O3/c17-15(18)23-14-6-3-4-12(10-14)11-19-16(22)20-8-2-1-5-13(20)7-9-21/h3-4,6,10,13,15,21H,1-2,5,7-9,11H2,(H,19,22). The summed E-state index contributed by atoms with van der Waals surface area (Å²) < 4.78 is 28.8. The van der Waals surface area contributed by atoms with Crippen molar-refractivity contribution in [3.05, 3.63) is 29.8 Å². The van der Waals surface area contributed by atoms with E-state index in [2.05, 4.69) is 10.1 Å². The number of alkyl halides is 2. The molecule has 0 saturated carbocycles. The number of hydrogen-bond donors (Lipinski definition) is 2. The summed E-state index contributed by atoms with van der Waals surface area (Å²) >= 11 is 0. The third-order valence-corrected chi connectivity index (χ3v) is 3.92. The van der Waals surface area contributed by atoms with Crippen molar-refractivity contribution in [1.29, 1.82) is 0 Å². The zero-order chi connectivity index (χ0) is 16.7. The Morgan fingerprint density at radius 3 is 3.00 bits per heavy atom. The average Bonchev–Trinajstić information content (AvgIpc) is 2.53. The van der Waals surface area contributed by atoms with Gasteiger partial charge in [-0.05, 0) is 43.4 Å². The average molecular weight is 328 g/mol. The summed E-state index contributed by atoms with van der Waals surface area (Å²) in [7, 11) is 0. The van der Waals surface area contributed by atoms with E-state index in [1.807, 2.05) is 0 Å². The summed E-state index contributed by atoms with van der Waals surface area (Å²) in [6.07, 6.45) is 3.48. The first-order valence-corrected chi connectivity index (χ1v) is 7.79. The van der Waals surface area contributed by atoms with Crippen LogP contribution >= 0.6 is 0 Å². The molecule has 2 amide bonds. The Labute approximate surface area is 134 Å². The maximum Gasteiger partial charge on any atom is 0.387 e. The largest absolute Gasteiger partial charge is 0.435 e. The maximum absolute atomic E-state index is 12.3. The molecule has 1 aromatic rings. The number of urea groups is 1. The number of likely N-dealkylation sites (tertiary alicyclic amines) is 1. The minimum absolute atomic E-state index is 0.0570. The summed E-state index contributed by atoms with van der Waals surface area (Å²) in [5.74, 6) is 0.0721. The van der Waals surface area contributed by atoms with Crippen LogP contribution in [-0.2, 0) is 6.54 Å². The lowest BCUT2D eigenvalue weighted by Crippen LogP contribution is -2.48. The Hall–Kier alpha value is -1.89. The third kappa shape index (κ3) is 5.35. The highest BCUT2D eigenvalue weighted by atomic mass is 19.3. The van der Waals surface area contributed by atoms with Crippen molar-refractivity contribution < 1.29 is 23.4 Å². The number of amides is 2. The Balaban J connectivity index is 1.90. The van der Waals surface area contributed by atoms with Crippen LogP contribution in [-0.4, -0.2) is 41.8 Å². The number of carbonyl (C=O) groups excluding carboxylic acids is 1. The molecule has 1 aromatic carbocycles. The highest BCUT2D eigenvalue weighted by molar-refractivity contribution is 5.74. The van der Waals surface area contributed by atoms with Crippen LogP contribution in [0.1, 0.15) is 31.2 Å². The number of halogens is 2. The summed E-state index contributed by atoms with van der Waals surface area (Å²) in [5, 5.41) is 11.9. The van der Waals surface area contributed by atoms with Crippen molar-refractivity contribution in [3.63, 3.8) is 0 Å². The highest BCUT2D eigenvalue weighted by Crippen LogP contribution is 2.20. The van der Waals surface area contributed by atoms with Gasteiger partial charge in [0.05, 0.1) is 0 Å². The highest BCUT2D eigenvalue weighted by Gasteiger charge is 2.25. The van der Waals surface area contributed by atoms with Crippen LogP contribution < -0.4 is 10.1 Å². The number of benzene rings is 1. The van der Waals surface area contributed by atoms with E-state index in [9.17, 15) is 13.6 Å². The first-order chi connectivity index (χ1) is 11.1. The van der Waals surface area contributed by atoms with Gasteiger partial charge in [0.1, 0.15) is 5.75 Å². The SMILES string of the molecule is O=C(NCc1cccc(OC(F)F)c1)N1CCCCC1CCO. The van der Waals surface area contributed by atoms with Gasteiger partial charge < -0.3 is 20.1 Å². The van der Waals surface area contributed by atoms with Crippen LogP contribution in [0.4, 0.5) is 13.6 Å². The van der Waals surface area contributed by atoms with Gasteiger partial charge in [0.2, 0.25) is 0 Å². The Morgan fingerprint density at radius 1 is 1.43 bits per heavy atom. The molecule has 1 heterocycles. The number of rotatable bonds is 6. The summed E-state index contributed by atoms with van der Waals surface area (Å²) in [6.45, 7) is -1.90. The predicted molar refractivity (Wildman–Crippen MR) is 81.4 cm³/mol. The lowest BCUT2D eigenvalue weighted by Gasteiger charge is -2.35. The number of carbonyl (C=O) groups is 1. The van der Waals surface area contributed by atoms with E-state index in [4.69, 9.17) is 5.11 Å². The molecule has 1 fully saturated rings. The molecule has 1 atom stereocenters. The number of nitrogens with zero attached hydrogens (tertiary/aromatic N) is 1. The van der Waals surface area contributed by atoms with E-state index < -0.39 is 6.61 Å². The lowest BCUT2D eigenvalue weighted by atomic mass is 10.0. The lowest BCUT2D eigenvalue weighted by molar-refractivity contribution is -0.0498. The number of aliphatic hydroxyl groups excluding tert-OH is 1. The first-order valence-electron chi connectivity index (χ1n) is 7.79. The molecular weight excluding hydrogens is 306 g/mol. The zero-order valence-electron chi connectivity index (χ0n) is 12.9. The Kier molecular flexibility index (Phi) is 6.58. The van der Waals surface area contributed by atoms with E-state index >= 15 is 0 Å².